The van der Waals surface area contributed by atoms with Crippen molar-refractivity contribution in [2.24, 2.45) is 0 Å². The number of halogens is 1. The van der Waals surface area contributed by atoms with E-state index in [9.17, 15) is 0 Å². The van der Waals surface area contributed by atoms with Crippen molar-refractivity contribution in [1.82, 2.24) is 14.5 Å². The van der Waals surface area contributed by atoms with Crippen LogP contribution in [0.4, 0.5) is 0 Å². The van der Waals surface area contributed by atoms with Crippen molar-refractivity contribution in [2.75, 3.05) is 19.8 Å². The fourth-order valence-electron chi connectivity index (χ4n) is 4.37. The van der Waals surface area contributed by atoms with Gasteiger partial charge >= 0.3 is 0 Å². The van der Waals surface area contributed by atoms with Gasteiger partial charge in [0.15, 0.2) is 0 Å². The van der Waals surface area contributed by atoms with Gasteiger partial charge < -0.3 is 14.0 Å². The van der Waals surface area contributed by atoms with Crippen LogP contribution in [0.5, 0.6) is 0 Å². The number of aromatic nitrogens is 3. The van der Waals surface area contributed by atoms with Gasteiger partial charge in [0.05, 0.1) is 29.9 Å². The van der Waals surface area contributed by atoms with Crippen LogP contribution in [0.1, 0.15) is 44.0 Å². The molecule has 2 fully saturated rings. The number of imidazole rings is 1. The fraction of sp³-hybridized carbons (Fsp3) is 0.500. The number of benzene rings is 1. The van der Waals surface area contributed by atoms with E-state index in [1.54, 1.807) is 0 Å². The maximum Gasteiger partial charge on any atom is 0.115 e. The molecule has 0 radical (unpaired) electrons. The second-order valence-electron chi connectivity index (χ2n) is 7.41. The molecule has 2 aliphatic heterocycles. The molecule has 2 unspecified atom stereocenters. The maximum absolute atomic E-state index is 6.31. The van der Waals surface area contributed by atoms with Gasteiger partial charge in [-0.15, -0.1) is 0 Å². The van der Waals surface area contributed by atoms with E-state index in [1.165, 1.54) is 0 Å². The Labute approximate surface area is 157 Å². The summed E-state index contributed by atoms with van der Waals surface area (Å²) < 4.78 is 13.9. The Bertz CT molecular complexity index is 964. The third-order valence-corrected chi connectivity index (χ3v) is 5.86. The minimum Gasteiger partial charge on any atom is -0.381 e. The first-order chi connectivity index (χ1) is 12.7. The van der Waals surface area contributed by atoms with Crippen LogP contribution in [0, 0.1) is 0 Å². The SMILES string of the molecule is CC1CC(c2nc3cnc4ccc(Cl)cc4c3n2C2CCOCC2)CO1. The summed E-state index contributed by atoms with van der Waals surface area (Å²) in [6, 6.07) is 6.29. The van der Waals surface area contributed by atoms with Crippen LogP contribution in [0.2, 0.25) is 5.02 Å². The zero-order chi connectivity index (χ0) is 17.7. The number of fused-ring (bicyclic) bond motifs is 3. The van der Waals surface area contributed by atoms with E-state index in [0.717, 1.165) is 71.9 Å². The Balaban J connectivity index is 1.77. The Morgan fingerprint density at radius 2 is 2.04 bits per heavy atom. The third kappa shape index (κ3) is 2.70. The highest BCUT2D eigenvalue weighted by Gasteiger charge is 2.31. The van der Waals surface area contributed by atoms with E-state index in [4.69, 9.17) is 26.1 Å². The van der Waals surface area contributed by atoms with Crippen LogP contribution >= 0.6 is 11.6 Å². The van der Waals surface area contributed by atoms with Crippen LogP contribution in [0.15, 0.2) is 24.4 Å². The van der Waals surface area contributed by atoms with Crippen molar-refractivity contribution < 1.29 is 9.47 Å². The Hall–Kier alpha value is -1.69. The highest BCUT2D eigenvalue weighted by Crippen LogP contribution is 2.38. The number of hydrogen-bond acceptors (Lipinski definition) is 4. The molecular weight excluding hydrogens is 350 g/mol. The number of ether oxygens (including phenoxy) is 2. The summed E-state index contributed by atoms with van der Waals surface area (Å²) in [4.78, 5) is 9.62. The van der Waals surface area contributed by atoms with Crippen molar-refractivity contribution in [1.29, 1.82) is 0 Å². The number of hydrogen-bond donors (Lipinski definition) is 0. The van der Waals surface area contributed by atoms with Gasteiger partial charge in [-0.2, -0.15) is 0 Å². The van der Waals surface area contributed by atoms with Gasteiger partial charge in [-0.1, -0.05) is 11.6 Å². The molecule has 1 aromatic carbocycles. The minimum absolute atomic E-state index is 0.285. The first-order valence-electron chi connectivity index (χ1n) is 9.36. The Morgan fingerprint density at radius 1 is 1.19 bits per heavy atom. The monoisotopic (exact) mass is 371 g/mol. The molecule has 2 saturated heterocycles. The third-order valence-electron chi connectivity index (χ3n) is 5.62. The molecule has 2 aliphatic rings. The number of pyridine rings is 1. The molecule has 6 heteroatoms. The molecule has 4 heterocycles. The molecule has 0 bridgehead atoms. The standard InChI is InChI=1S/C20H22ClN3O2/c1-12-8-13(11-26-12)20-23-18-10-22-17-3-2-14(21)9-16(17)19(18)24(20)15-4-6-25-7-5-15/h2-3,9-10,12-13,15H,4-8,11H2,1H3. The van der Waals surface area contributed by atoms with Crippen LogP contribution < -0.4 is 0 Å². The van der Waals surface area contributed by atoms with Gasteiger partial charge in [0, 0.05) is 35.6 Å². The van der Waals surface area contributed by atoms with E-state index in [2.05, 4.69) is 16.5 Å². The van der Waals surface area contributed by atoms with Crippen LogP contribution in [-0.4, -0.2) is 40.5 Å². The van der Waals surface area contributed by atoms with Crippen molar-refractivity contribution >= 4 is 33.5 Å². The second kappa shape index (κ2) is 6.48. The summed E-state index contributed by atoms with van der Waals surface area (Å²) in [6.45, 7) is 4.47. The normalized spacial score (nSPS) is 24.7. The summed E-state index contributed by atoms with van der Waals surface area (Å²) in [5.74, 6) is 1.46. The lowest BCUT2D eigenvalue weighted by molar-refractivity contribution is 0.0694. The number of rotatable bonds is 2. The summed E-state index contributed by atoms with van der Waals surface area (Å²) in [5, 5.41) is 1.80. The zero-order valence-electron chi connectivity index (χ0n) is 14.8. The van der Waals surface area contributed by atoms with Gasteiger partial charge in [0.25, 0.3) is 0 Å². The summed E-state index contributed by atoms with van der Waals surface area (Å²) in [7, 11) is 0. The fourth-order valence-corrected chi connectivity index (χ4v) is 4.54. The average Bonchev–Trinajstić information content (AvgIpc) is 3.26. The van der Waals surface area contributed by atoms with E-state index in [1.807, 2.05) is 24.4 Å². The van der Waals surface area contributed by atoms with Crippen molar-refractivity contribution in [3.8, 4) is 0 Å². The molecule has 5 nitrogen and oxygen atoms in total. The van der Waals surface area contributed by atoms with E-state index < -0.39 is 0 Å². The van der Waals surface area contributed by atoms with E-state index in [0.29, 0.717) is 12.0 Å². The van der Waals surface area contributed by atoms with Crippen LogP contribution in [0.25, 0.3) is 21.9 Å². The molecule has 136 valence electrons. The quantitative estimate of drug-likeness (QED) is 0.666. The lowest BCUT2D eigenvalue weighted by Crippen LogP contribution is -2.22. The lowest BCUT2D eigenvalue weighted by atomic mass is 10.0. The predicted molar refractivity (Wildman–Crippen MR) is 102 cm³/mol. The summed E-state index contributed by atoms with van der Waals surface area (Å²) >= 11 is 6.31. The zero-order valence-corrected chi connectivity index (χ0v) is 15.6. The summed E-state index contributed by atoms with van der Waals surface area (Å²) in [6.07, 6.45) is 5.20. The van der Waals surface area contributed by atoms with Gasteiger partial charge in [0.2, 0.25) is 0 Å². The molecule has 5 rings (SSSR count). The second-order valence-corrected chi connectivity index (χ2v) is 7.85. The van der Waals surface area contributed by atoms with Gasteiger partial charge in [-0.25, -0.2) is 4.98 Å². The molecule has 3 aromatic rings. The summed E-state index contributed by atoms with van der Waals surface area (Å²) in [5.41, 5.74) is 3.05. The largest absolute Gasteiger partial charge is 0.381 e. The van der Waals surface area contributed by atoms with Gasteiger partial charge in [-0.3, -0.25) is 4.98 Å². The van der Waals surface area contributed by atoms with Crippen LogP contribution in [-0.2, 0) is 9.47 Å². The van der Waals surface area contributed by atoms with Crippen molar-refractivity contribution in [2.45, 2.75) is 44.2 Å². The maximum atomic E-state index is 6.31. The molecule has 26 heavy (non-hydrogen) atoms. The smallest absolute Gasteiger partial charge is 0.115 e. The predicted octanol–water partition coefficient (Wildman–Crippen LogP) is 4.48. The highest BCUT2D eigenvalue weighted by atomic mass is 35.5. The first-order valence-corrected chi connectivity index (χ1v) is 9.74. The minimum atomic E-state index is 0.285. The molecule has 0 saturated carbocycles. The first kappa shape index (κ1) is 16.5. The van der Waals surface area contributed by atoms with Crippen molar-refractivity contribution in [3.05, 3.63) is 35.2 Å². The lowest BCUT2D eigenvalue weighted by Gasteiger charge is -2.27. The van der Waals surface area contributed by atoms with Gasteiger partial charge in [0.1, 0.15) is 11.3 Å². The average molecular weight is 372 g/mol. The molecule has 0 N–H and O–H groups in total. The van der Waals surface area contributed by atoms with E-state index >= 15 is 0 Å². The topological polar surface area (TPSA) is 49.2 Å². The highest BCUT2D eigenvalue weighted by molar-refractivity contribution is 6.31. The Morgan fingerprint density at radius 3 is 2.81 bits per heavy atom. The molecule has 0 aliphatic carbocycles. The Kier molecular flexibility index (Phi) is 4.11. The van der Waals surface area contributed by atoms with Gasteiger partial charge in [-0.05, 0) is 44.4 Å². The molecule has 2 atom stereocenters. The molecule has 0 amide bonds. The van der Waals surface area contributed by atoms with Crippen molar-refractivity contribution in [3.63, 3.8) is 0 Å². The molecule has 2 aromatic heterocycles. The molecular formula is C20H22ClN3O2. The molecule has 0 spiro atoms. The number of nitrogens with zero attached hydrogens (tertiary/aromatic N) is 3. The van der Waals surface area contributed by atoms with E-state index in [-0.39, 0.29) is 6.10 Å². The van der Waals surface area contributed by atoms with Crippen LogP contribution in [0.3, 0.4) is 0 Å².